The van der Waals surface area contributed by atoms with Crippen LogP contribution in [0, 0.1) is 0 Å². The minimum absolute atomic E-state index is 0.251. The predicted octanol–water partition coefficient (Wildman–Crippen LogP) is 2.46. The summed E-state index contributed by atoms with van der Waals surface area (Å²) >= 11 is 0. The quantitative estimate of drug-likeness (QED) is 0.828. The van der Waals surface area contributed by atoms with Crippen LogP contribution >= 0.6 is 0 Å². The lowest BCUT2D eigenvalue weighted by Crippen LogP contribution is -2.15. The highest BCUT2D eigenvalue weighted by Gasteiger charge is 2.03. The third-order valence-corrected chi connectivity index (χ3v) is 2.75. The zero-order valence-corrected chi connectivity index (χ0v) is 9.79. The number of nitrogens with two attached hydrogens (primary N) is 1. The van der Waals surface area contributed by atoms with Gasteiger partial charge in [0, 0.05) is 23.3 Å². The minimum Gasteiger partial charge on any atom is -0.497 e. The molecule has 2 aromatic rings. The number of aromatic amines is 1. The Balaban J connectivity index is 2.22. The fourth-order valence-electron chi connectivity index (χ4n) is 1.81. The van der Waals surface area contributed by atoms with Gasteiger partial charge in [0.25, 0.3) is 0 Å². The molecule has 0 spiro atoms. The smallest absolute Gasteiger partial charge is 0.120 e. The second-order valence-electron chi connectivity index (χ2n) is 4.26. The van der Waals surface area contributed by atoms with Gasteiger partial charge in [0.2, 0.25) is 0 Å². The number of hydrogen-bond donors (Lipinski definition) is 2. The van der Waals surface area contributed by atoms with Gasteiger partial charge in [0.05, 0.1) is 7.11 Å². The van der Waals surface area contributed by atoms with E-state index in [2.05, 4.69) is 17.1 Å². The lowest BCUT2D eigenvalue weighted by Gasteiger charge is -2.01. The summed E-state index contributed by atoms with van der Waals surface area (Å²) in [7, 11) is 1.68. The second-order valence-corrected chi connectivity index (χ2v) is 4.26. The highest BCUT2D eigenvalue weighted by Crippen LogP contribution is 2.21. The number of nitrogens with one attached hydrogen (secondary N) is 1. The summed E-state index contributed by atoms with van der Waals surface area (Å²) in [6, 6.07) is 8.49. The zero-order valence-electron chi connectivity index (χ0n) is 9.79. The van der Waals surface area contributed by atoms with E-state index in [1.54, 1.807) is 7.11 Å². The van der Waals surface area contributed by atoms with Gasteiger partial charge in [0.15, 0.2) is 0 Å². The number of H-pyrrole nitrogens is 1. The van der Waals surface area contributed by atoms with Crippen molar-refractivity contribution in [3.05, 3.63) is 30.0 Å². The molecule has 2 rings (SSSR count). The molecule has 0 bridgehead atoms. The number of aromatic nitrogens is 1. The monoisotopic (exact) mass is 218 g/mol. The first-order valence-electron chi connectivity index (χ1n) is 5.60. The SMILES string of the molecule is COc1ccc2cc(CC[C@H](C)N)[nH]c2c1. The molecule has 0 aliphatic heterocycles. The molecule has 3 N–H and O–H groups in total. The molecule has 0 amide bonds. The number of aryl methyl sites for hydroxylation is 1. The van der Waals surface area contributed by atoms with Crippen molar-refractivity contribution in [2.24, 2.45) is 5.73 Å². The summed E-state index contributed by atoms with van der Waals surface area (Å²) in [5.74, 6) is 0.882. The predicted molar refractivity (Wildman–Crippen MR) is 66.8 cm³/mol. The van der Waals surface area contributed by atoms with Crippen LogP contribution in [0.15, 0.2) is 24.3 Å². The van der Waals surface area contributed by atoms with E-state index in [9.17, 15) is 0 Å². The molecule has 3 nitrogen and oxygen atoms in total. The maximum atomic E-state index is 5.75. The maximum absolute atomic E-state index is 5.75. The summed E-state index contributed by atoms with van der Waals surface area (Å²) in [6.07, 6.45) is 2.00. The van der Waals surface area contributed by atoms with Crippen molar-refractivity contribution in [3.8, 4) is 5.75 Å². The first-order valence-corrected chi connectivity index (χ1v) is 5.60. The number of benzene rings is 1. The fraction of sp³-hybridized carbons (Fsp3) is 0.385. The summed E-state index contributed by atoms with van der Waals surface area (Å²) in [4.78, 5) is 3.39. The molecule has 0 radical (unpaired) electrons. The molecule has 3 heteroatoms. The first kappa shape index (κ1) is 11.0. The lowest BCUT2D eigenvalue weighted by molar-refractivity contribution is 0.415. The largest absolute Gasteiger partial charge is 0.497 e. The van der Waals surface area contributed by atoms with Gasteiger partial charge in [-0.2, -0.15) is 0 Å². The van der Waals surface area contributed by atoms with E-state index in [1.807, 2.05) is 19.1 Å². The Kier molecular flexibility index (Phi) is 3.15. The molecule has 0 fully saturated rings. The molecule has 86 valence electrons. The van der Waals surface area contributed by atoms with E-state index >= 15 is 0 Å². The van der Waals surface area contributed by atoms with Crippen molar-refractivity contribution < 1.29 is 4.74 Å². The van der Waals surface area contributed by atoms with E-state index in [0.29, 0.717) is 0 Å². The molecule has 0 aliphatic carbocycles. The molecule has 0 aliphatic rings. The summed E-state index contributed by atoms with van der Waals surface area (Å²) in [5, 5.41) is 1.22. The number of ether oxygens (including phenoxy) is 1. The summed E-state index contributed by atoms with van der Waals surface area (Å²) in [6.45, 7) is 2.03. The van der Waals surface area contributed by atoms with Crippen LogP contribution in [-0.4, -0.2) is 18.1 Å². The standard InChI is InChI=1S/C13H18N2O/c1-9(14)3-5-11-7-10-4-6-12(16-2)8-13(10)15-11/h4,6-9,15H,3,5,14H2,1-2H3/t9-/m0/s1. The Morgan fingerprint density at radius 1 is 1.38 bits per heavy atom. The van der Waals surface area contributed by atoms with Gasteiger partial charge in [-0.15, -0.1) is 0 Å². The van der Waals surface area contributed by atoms with Crippen LogP contribution in [-0.2, 0) is 6.42 Å². The van der Waals surface area contributed by atoms with E-state index in [1.165, 1.54) is 11.1 Å². The Hall–Kier alpha value is -1.48. The van der Waals surface area contributed by atoms with Crippen LogP contribution in [0.1, 0.15) is 19.0 Å². The Bertz CT molecular complexity index is 474. The molecule has 1 aromatic heterocycles. The number of rotatable bonds is 4. The van der Waals surface area contributed by atoms with Gasteiger partial charge in [-0.25, -0.2) is 0 Å². The van der Waals surface area contributed by atoms with Crippen LogP contribution in [0.2, 0.25) is 0 Å². The topological polar surface area (TPSA) is 51.0 Å². The van der Waals surface area contributed by atoms with Crippen LogP contribution < -0.4 is 10.5 Å². The van der Waals surface area contributed by atoms with Crippen molar-refractivity contribution in [2.75, 3.05) is 7.11 Å². The van der Waals surface area contributed by atoms with Gasteiger partial charge < -0.3 is 15.5 Å². The van der Waals surface area contributed by atoms with E-state index in [0.717, 1.165) is 24.1 Å². The molecule has 16 heavy (non-hydrogen) atoms. The van der Waals surface area contributed by atoms with Crippen molar-refractivity contribution in [2.45, 2.75) is 25.8 Å². The third kappa shape index (κ3) is 2.36. The van der Waals surface area contributed by atoms with Crippen LogP contribution in [0.5, 0.6) is 5.75 Å². The van der Waals surface area contributed by atoms with Crippen molar-refractivity contribution in [1.29, 1.82) is 0 Å². The van der Waals surface area contributed by atoms with Gasteiger partial charge in [-0.3, -0.25) is 0 Å². The summed E-state index contributed by atoms with van der Waals surface area (Å²) < 4.78 is 5.19. The van der Waals surface area contributed by atoms with E-state index < -0.39 is 0 Å². The molecule has 1 atom stereocenters. The van der Waals surface area contributed by atoms with E-state index in [4.69, 9.17) is 10.5 Å². The fourth-order valence-corrected chi connectivity index (χ4v) is 1.81. The highest BCUT2D eigenvalue weighted by atomic mass is 16.5. The van der Waals surface area contributed by atoms with Crippen molar-refractivity contribution in [1.82, 2.24) is 4.98 Å². The van der Waals surface area contributed by atoms with Crippen molar-refractivity contribution >= 4 is 10.9 Å². The van der Waals surface area contributed by atoms with Gasteiger partial charge >= 0.3 is 0 Å². The summed E-state index contributed by atoms with van der Waals surface area (Å²) in [5.41, 5.74) is 8.11. The minimum atomic E-state index is 0.251. The Morgan fingerprint density at radius 2 is 2.19 bits per heavy atom. The molecular weight excluding hydrogens is 200 g/mol. The highest BCUT2D eigenvalue weighted by molar-refractivity contribution is 5.81. The maximum Gasteiger partial charge on any atom is 0.120 e. The Labute approximate surface area is 95.6 Å². The number of methoxy groups -OCH3 is 1. The average molecular weight is 218 g/mol. The van der Waals surface area contributed by atoms with E-state index in [-0.39, 0.29) is 6.04 Å². The van der Waals surface area contributed by atoms with Gasteiger partial charge in [-0.05, 0) is 43.4 Å². The lowest BCUT2D eigenvalue weighted by atomic mass is 10.1. The van der Waals surface area contributed by atoms with Crippen molar-refractivity contribution in [3.63, 3.8) is 0 Å². The zero-order chi connectivity index (χ0) is 11.5. The molecule has 1 heterocycles. The Morgan fingerprint density at radius 3 is 2.88 bits per heavy atom. The molecular formula is C13H18N2O. The normalized spacial score (nSPS) is 12.9. The number of hydrogen-bond acceptors (Lipinski definition) is 2. The van der Waals surface area contributed by atoms with Gasteiger partial charge in [0.1, 0.15) is 5.75 Å². The van der Waals surface area contributed by atoms with Gasteiger partial charge in [-0.1, -0.05) is 0 Å². The third-order valence-electron chi connectivity index (χ3n) is 2.75. The van der Waals surface area contributed by atoms with Crippen LogP contribution in [0.4, 0.5) is 0 Å². The second kappa shape index (κ2) is 4.58. The van der Waals surface area contributed by atoms with Crippen LogP contribution in [0.3, 0.4) is 0 Å². The van der Waals surface area contributed by atoms with Crippen LogP contribution in [0.25, 0.3) is 10.9 Å². The molecule has 0 saturated heterocycles. The molecule has 1 aromatic carbocycles. The average Bonchev–Trinajstić information content (AvgIpc) is 2.67. The molecule has 0 saturated carbocycles. The number of fused-ring (bicyclic) bond motifs is 1. The molecule has 0 unspecified atom stereocenters. The first-order chi connectivity index (χ1) is 7.69.